The van der Waals surface area contributed by atoms with Crippen LogP contribution in [0.4, 0.5) is 24.8 Å². The van der Waals surface area contributed by atoms with Crippen LogP contribution in [0.25, 0.3) is 0 Å². The van der Waals surface area contributed by atoms with E-state index in [2.05, 4.69) is 20.3 Å². The first-order valence-electron chi connectivity index (χ1n) is 6.10. The number of nitrogens with zero attached hydrogens (tertiary/aromatic N) is 2. The Bertz CT molecular complexity index is 767. The third kappa shape index (κ3) is 4.08. The number of nitrogens with one attached hydrogen (secondary N) is 2. The van der Waals surface area contributed by atoms with Crippen molar-refractivity contribution < 1.29 is 13.2 Å². The summed E-state index contributed by atoms with van der Waals surface area (Å²) in [7, 11) is 0. The summed E-state index contributed by atoms with van der Waals surface area (Å²) >= 11 is 0. The van der Waals surface area contributed by atoms with Gasteiger partial charge >= 0.3 is 6.18 Å². The molecule has 1 aromatic heterocycles. The zero-order valence-corrected chi connectivity index (χ0v) is 11.4. The molecule has 0 saturated carbocycles. The summed E-state index contributed by atoms with van der Waals surface area (Å²) in [5.74, 6) is -0.241. The minimum atomic E-state index is -4.45. The third-order valence-corrected chi connectivity index (χ3v) is 2.55. The molecule has 1 aromatic carbocycles. The van der Waals surface area contributed by atoms with Crippen molar-refractivity contribution in [1.29, 1.82) is 0 Å². The van der Waals surface area contributed by atoms with Gasteiger partial charge in [-0.05, 0) is 25.1 Å². The average Bonchev–Trinajstić information content (AvgIpc) is 2.36. The Kier molecular flexibility index (Phi) is 4.15. The molecule has 116 valence electrons. The van der Waals surface area contributed by atoms with Gasteiger partial charge in [0.15, 0.2) is 0 Å². The standard InChI is InChI=1S/C13H12F3N5O/c1-7-5-10(22)20-12(18-7)21-11(17)19-9-4-2-3-8(6-9)13(14,15)16/h2-6H,1H3,(H4,17,18,19,20,21,22). The van der Waals surface area contributed by atoms with E-state index in [1.807, 2.05) is 0 Å². The lowest BCUT2D eigenvalue weighted by atomic mass is 10.2. The molecule has 0 aliphatic heterocycles. The summed E-state index contributed by atoms with van der Waals surface area (Å²) in [6, 6.07) is 5.76. The molecule has 0 radical (unpaired) electrons. The number of H-pyrrole nitrogens is 1. The van der Waals surface area contributed by atoms with Crippen molar-refractivity contribution >= 4 is 17.6 Å². The first-order valence-corrected chi connectivity index (χ1v) is 6.10. The summed E-state index contributed by atoms with van der Waals surface area (Å²) < 4.78 is 37.8. The highest BCUT2D eigenvalue weighted by Gasteiger charge is 2.30. The number of guanidine groups is 1. The molecule has 2 aromatic rings. The Hall–Kier alpha value is -2.84. The molecular weight excluding hydrogens is 299 g/mol. The molecule has 0 aliphatic rings. The second kappa shape index (κ2) is 5.88. The van der Waals surface area contributed by atoms with Crippen molar-refractivity contribution in [2.24, 2.45) is 10.7 Å². The van der Waals surface area contributed by atoms with Crippen LogP contribution in [0, 0.1) is 6.92 Å². The monoisotopic (exact) mass is 311 g/mol. The minimum Gasteiger partial charge on any atom is -0.369 e. The topological polar surface area (TPSA) is 96.2 Å². The highest BCUT2D eigenvalue weighted by atomic mass is 19.4. The molecule has 0 spiro atoms. The lowest BCUT2D eigenvalue weighted by molar-refractivity contribution is -0.137. The SMILES string of the molecule is Cc1cc(=O)[nH]c(N=C(N)Nc2cccc(C(F)(F)F)c2)n1. The van der Waals surface area contributed by atoms with E-state index in [-0.39, 0.29) is 17.6 Å². The van der Waals surface area contributed by atoms with Crippen LogP contribution in [0.5, 0.6) is 0 Å². The van der Waals surface area contributed by atoms with Crippen molar-refractivity contribution in [3.05, 3.63) is 51.9 Å². The van der Waals surface area contributed by atoms with Crippen molar-refractivity contribution in [3.8, 4) is 0 Å². The van der Waals surface area contributed by atoms with Crippen LogP contribution in [0.2, 0.25) is 0 Å². The average molecular weight is 311 g/mol. The molecular formula is C13H12F3N5O. The molecule has 0 bridgehead atoms. The molecule has 0 fully saturated rings. The van der Waals surface area contributed by atoms with Gasteiger partial charge in [-0.2, -0.15) is 18.2 Å². The number of hydrogen-bond acceptors (Lipinski definition) is 3. The number of halogens is 3. The number of hydrogen-bond donors (Lipinski definition) is 3. The summed E-state index contributed by atoms with van der Waals surface area (Å²) in [5, 5.41) is 2.51. The third-order valence-electron chi connectivity index (χ3n) is 2.55. The van der Waals surface area contributed by atoms with Crippen molar-refractivity contribution in [2.75, 3.05) is 5.32 Å². The Morgan fingerprint density at radius 2 is 2.09 bits per heavy atom. The quantitative estimate of drug-likeness (QED) is 0.585. The number of aromatic amines is 1. The van der Waals surface area contributed by atoms with Gasteiger partial charge < -0.3 is 11.1 Å². The van der Waals surface area contributed by atoms with E-state index >= 15 is 0 Å². The Morgan fingerprint density at radius 1 is 1.36 bits per heavy atom. The van der Waals surface area contributed by atoms with Gasteiger partial charge in [0, 0.05) is 17.4 Å². The van der Waals surface area contributed by atoms with Gasteiger partial charge in [0.25, 0.3) is 5.56 Å². The Morgan fingerprint density at radius 3 is 2.73 bits per heavy atom. The van der Waals surface area contributed by atoms with Gasteiger partial charge in [-0.3, -0.25) is 9.78 Å². The maximum absolute atomic E-state index is 12.6. The fraction of sp³-hybridized carbons (Fsp3) is 0.154. The minimum absolute atomic E-state index is 0.0398. The summed E-state index contributed by atoms with van der Waals surface area (Å²) in [4.78, 5) is 21.3. The molecule has 0 atom stereocenters. The lowest BCUT2D eigenvalue weighted by Gasteiger charge is -2.10. The zero-order chi connectivity index (χ0) is 16.3. The number of alkyl halides is 3. The van der Waals surface area contributed by atoms with E-state index in [1.165, 1.54) is 18.2 Å². The smallest absolute Gasteiger partial charge is 0.369 e. The van der Waals surface area contributed by atoms with Crippen molar-refractivity contribution in [2.45, 2.75) is 13.1 Å². The highest BCUT2D eigenvalue weighted by molar-refractivity contribution is 5.93. The zero-order valence-electron chi connectivity index (χ0n) is 11.4. The van der Waals surface area contributed by atoms with Gasteiger partial charge in [-0.15, -0.1) is 0 Å². The molecule has 0 aliphatic carbocycles. The van der Waals surface area contributed by atoms with Crippen LogP contribution in [-0.2, 0) is 6.18 Å². The number of aromatic nitrogens is 2. The van der Waals surface area contributed by atoms with Gasteiger partial charge in [-0.1, -0.05) is 6.07 Å². The number of aryl methyl sites for hydroxylation is 1. The fourth-order valence-corrected chi connectivity index (χ4v) is 1.68. The van der Waals surface area contributed by atoms with Gasteiger partial charge in [0.05, 0.1) is 5.56 Å². The fourth-order valence-electron chi connectivity index (χ4n) is 1.68. The van der Waals surface area contributed by atoms with E-state index in [4.69, 9.17) is 5.73 Å². The molecule has 2 rings (SSSR count). The Labute approximate surface area is 122 Å². The highest BCUT2D eigenvalue weighted by Crippen LogP contribution is 2.30. The molecule has 1 heterocycles. The van der Waals surface area contributed by atoms with Crippen LogP contribution in [0.15, 0.2) is 40.1 Å². The van der Waals surface area contributed by atoms with Gasteiger partial charge in [0.2, 0.25) is 11.9 Å². The van der Waals surface area contributed by atoms with E-state index in [0.717, 1.165) is 12.1 Å². The number of anilines is 1. The molecule has 0 amide bonds. The van der Waals surface area contributed by atoms with Crippen LogP contribution < -0.4 is 16.6 Å². The summed E-state index contributed by atoms with van der Waals surface area (Å²) in [5.41, 5.74) is 4.93. The van der Waals surface area contributed by atoms with Crippen molar-refractivity contribution in [1.82, 2.24) is 9.97 Å². The van der Waals surface area contributed by atoms with Crippen molar-refractivity contribution in [3.63, 3.8) is 0 Å². The normalized spacial score (nSPS) is 12.3. The van der Waals surface area contributed by atoms with Crippen LogP contribution >= 0.6 is 0 Å². The molecule has 6 nitrogen and oxygen atoms in total. The predicted octanol–water partition coefficient (Wildman–Crippen LogP) is 2.16. The number of benzene rings is 1. The summed E-state index contributed by atoms with van der Waals surface area (Å²) in [6.45, 7) is 1.60. The lowest BCUT2D eigenvalue weighted by Crippen LogP contribution is -2.23. The van der Waals surface area contributed by atoms with Crippen LogP contribution in [0.3, 0.4) is 0 Å². The van der Waals surface area contributed by atoms with E-state index < -0.39 is 17.3 Å². The second-order valence-electron chi connectivity index (χ2n) is 4.41. The maximum Gasteiger partial charge on any atom is 0.416 e. The predicted molar refractivity (Wildman–Crippen MR) is 75.9 cm³/mol. The first-order chi connectivity index (χ1) is 10.2. The molecule has 4 N–H and O–H groups in total. The van der Waals surface area contributed by atoms with E-state index in [1.54, 1.807) is 6.92 Å². The van der Waals surface area contributed by atoms with E-state index in [9.17, 15) is 18.0 Å². The van der Waals surface area contributed by atoms with Crippen LogP contribution in [-0.4, -0.2) is 15.9 Å². The number of nitrogens with two attached hydrogens (primary N) is 1. The maximum atomic E-state index is 12.6. The first kappa shape index (κ1) is 15.5. The number of aliphatic imine (C=N–C) groups is 1. The molecule has 9 heteroatoms. The van der Waals surface area contributed by atoms with Gasteiger partial charge in [-0.25, -0.2) is 4.98 Å². The van der Waals surface area contributed by atoms with Crippen LogP contribution in [0.1, 0.15) is 11.3 Å². The molecule has 0 saturated heterocycles. The molecule has 22 heavy (non-hydrogen) atoms. The Balaban J connectivity index is 2.23. The number of rotatable bonds is 2. The molecule has 0 unspecified atom stereocenters. The largest absolute Gasteiger partial charge is 0.416 e. The second-order valence-corrected chi connectivity index (χ2v) is 4.41. The van der Waals surface area contributed by atoms with E-state index in [0.29, 0.717) is 5.69 Å². The van der Waals surface area contributed by atoms with Gasteiger partial charge in [0.1, 0.15) is 0 Å². The summed E-state index contributed by atoms with van der Waals surface area (Å²) in [6.07, 6.45) is -4.45.